The van der Waals surface area contributed by atoms with E-state index in [4.69, 9.17) is 10.4 Å². The number of aliphatic carboxylic acids is 1. The van der Waals surface area contributed by atoms with E-state index >= 15 is 0 Å². The van der Waals surface area contributed by atoms with E-state index in [9.17, 15) is 23.1 Å². The third-order valence-electron chi connectivity index (χ3n) is 2.54. The van der Waals surface area contributed by atoms with Crippen molar-refractivity contribution in [3.8, 4) is 6.07 Å². The van der Waals surface area contributed by atoms with E-state index < -0.39 is 35.5 Å². The smallest absolute Gasteiger partial charge is 0.418 e. The number of carbonyl (C=O) groups is 1. The minimum Gasteiger partial charge on any atom is -0.479 e. The molecule has 0 spiro atoms. The molecule has 1 unspecified atom stereocenters. The van der Waals surface area contributed by atoms with Crippen molar-refractivity contribution in [3.05, 3.63) is 29.3 Å². The number of halogens is 3. The highest BCUT2D eigenvalue weighted by Crippen LogP contribution is 2.35. The van der Waals surface area contributed by atoms with Crippen molar-refractivity contribution in [3.63, 3.8) is 0 Å². The number of nitriles is 1. The first kappa shape index (κ1) is 15.8. The number of aliphatic hydroxyl groups is 1. The van der Waals surface area contributed by atoms with Crippen molar-refractivity contribution in [1.82, 2.24) is 0 Å². The SMILES string of the molecule is CC(O)(CNc1cc(C#N)ccc1C(F)(F)F)C(=O)O. The number of carboxylic acid groups (broad SMARTS) is 1. The number of carboxylic acids is 1. The summed E-state index contributed by atoms with van der Waals surface area (Å²) in [4.78, 5) is 10.7. The molecule has 0 saturated heterocycles. The Morgan fingerprint density at radius 1 is 1.45 bits per heavy atom. The Bertz CT molecular complexity index is 562. The molecule has 0 bridgehead atoms. The molecule has 1 atom stereocenters. The number of anilines is 1. The topological polar surface area (TPSA) is 93.4 Å². The monoisotopic (exact) mass is 288 g/mol. The lowest BCUT2D eigenvalue weighted by molar-refractivity contribution is -0.155. The van der Waals surface area contributed by atoms with Gasteiger partial charge in [-0.1, -0.05) is 0 Å². The fraction of sp³-hybridized carbons (Fsp3) is 0.333. The van der Waals surface area contributed by atoms with Crippen LogP contribution >= 0.6 is 0 Å². The fourth-order valence-corrected chi connectivity index (χ4v) is 1.35. The second kappa shape index (κ2) is 5.38. The molecular formula is C12H11F3N2O3. The number of benzene rings is 1. The molecule has 0 aliphatic heterocycles. The minimum atomic E-state index is -4.66. The summed E-state index contributed by atoms with van der Waals surface area (Å²) in [5.74, 6) is -1.57. The lowest BCUT2D eigenvalue weighted by Gasteiger charge is -2.21. The highest BCUT2D eigenvalue weighted by molar-refractivity contribution is 5.77. The first-order valence-electron chi connectivity index (χ1n) is 5.39. The Morgan fingerprint density at radius 3 is 2.50 bits per heavy atom. The Kier molecular flexibility index (Phi) is 4.25. The molecule has 0 radical (unpaired) electrons. The molecule has 0 saturated carbocycles. The molecule has 0 heterocycles. The summed E-state index contributed by atoms with van der Waals surface area (Å²) < 4.78 is 38.3. The first-order chi connectivity index (χ1) is 9.08. The Hall–Kier alpha value is -2.27. The van der Waals surface area contributed by atoms with Crippen LogP contribution in [-0.2, 0) is 11.0 Å². The van der Waals surface area contributed by atoms with E-state index in [1.54, 1.807) is 6.07 Å². The van der Waals surface area contributed by atoms with Gasteiger partial charge in [-0.3, -0.25) is 0 Å². The molecule has 0 aliphatic carbocycles. The van der Waals surface area contributed by atoms with Crippen LogP contribution in [0.25, 0.3) is 0 Å². The average molecular weight is 288 g/mol. The van der Waals surface area contributed by atoms with Crippen LogP contribution in [0.3, 0.4) is 0 Å². The highest BCUT2D eigenvalue weighted by Gasteiger charge is 2.35. The maximum atomic E-state index is 12.8. The summed E-state index contributed by atoms with van der Waals surface area (Å²) in [6, 6.07) is 4.35. The zero-order valence-corrected chi connectivity index (χ0v) is 10.3. The predicted molar refractivity (Wildman–Crippen MR) is 62.9 cm³/mol. The largest absolute Gasteiger partial charge is 0.479 e. The molecule has 108 valence electrons. The molecule has 8 heteroatoms. The zero-order valence-electron chi connectivity index (χ0n) is 10.3. The van der Waals surface area contributed by atoms with Crippen molar-refractivity contribution in [2.24, 2.45) is 0 Å². The van der Waals surface area contributed by atoms with Gasteiger partial charge in [0, 0.05) is 5.69 Å². The number of rotatable bonds is 4. The Morgan fingerprint density at radius 2 is 2.05 bits per heavy atom. The molecule has 0 aromatic heterocycles. The summed E-state index contributed by atoms with van der Waals surface area (Å²) in [5, 5.41) is 29.0. The molecule has 0 fully saturated rings. The maximum Gasteiger partial charge on any atom is 0.418 e. The van der Waals surface area contributed by atoms with E-state index in [1.165, 1.54) is 0 Å². The van der Waals surface area contributed by atoms with E-state index in [0.29, 0.717) is 0 Å². The molecular weight excluding hydrogens is 277 g/mol. The van der Waals surface area contributed by atoms with Crippen LogP contribution < -0.4 is 5.32 Å². The summed E-state index contributed by atoms with van der Waals surface area (Å²) >= 11 is 0. The third-order valence-corrected chi connectivity index (χ3v) is 2.54. The van der Waals surface area contributed by atoms with Crippen LogP contribution in [0.5, 0.6) is 0 Å². The molecule has 1 aromatic rings. The number of nitrogens with zero attached hydrogens (tertiary/aromatic N) is 1. The van der Waals surface area contributed by atoms with Gasteiger partial charge in [-0.15, -0.1) is 0 Å². The Labute approximate surface area is 112 Å². The van der Waals surface area contributed by atoms with E-state index in [1.807, 2.05) is 0 Å². The van der Waals surface area contributed by atoms with Crippen molar-refractivity contribution < 1.29 is 28.2 Å². The summed E-state index contributed by atoms with van der Waals surface area (Å²) in [7, 11) is 0. The number of hydrogen-bond acceptors (Lipinski definition) is 4. The van der Waals surface area contributed by atoms with Gasteiger partial charge < -0.3 is 15.5 Å². The second-order valence-corrected chi connectivity index (χ2v) is 4.30. The highest BCUT2D eigenvalue weighted by atomic mass is 19.4. The molecule has 3 N–H and O–H groups in total. The standard InChI is InChI=1S/C12H11F3N2O3/c1-11(20,10(18)19)6-17-9-4-7(5-16)2-3-8(9)12(13,14)15/h2-4,17,20H,6H2,1H3,(H,18,19). The second-order valence-electron chi connectivity index (χ2n) is 4.30. The predicted octanol–water partition coefficient (Wildman–Crippen LogP) is 1.82. The zero-order chi connectivity index (χ0) is 15.6. The molecule has 20 heavy (non-hydrogen) atoms. The third kappa shape index (κ3) is 3.61. The van der Waals surface area contributed by atoms with Gasteiger partial charge in [0.1, 0.15) is 0 Å². The number of alkyl halides is 3. The van der Waals surface area contributed by atoms with Gasteiger partial charge in [-0.2, -0.15) is 18.4 Å². The minimum absolute atomic E-state index is 0.0181. The van der Waals surface area contributed by atoms with Gasteiger partial charge in [-0.05, 0) is 25.1 Å². The van der Waals surface area contributed by atoms with Crippen molar-refractivity contribution in [2.75, 3.05) is 11.9 Å². The molecule has 0 aliphatic rings. The number of hydrogen-bond donors (Lipinski definition) is 3. The average Bonchev–Trinajstić information content (AvgIpc) is 2.34. The quantitative estimate of drug-likeness (QED) is 0.785. The van der Waals surface area contributed by atoms with Crippen LogP contribution in [0, 0.1) is 11.3 Å². The van der Waals surface area contributed by atoms with E-state index in [2.05, 4.69) is 5.32 Å². The fourth-order valence-electron chi connectivity index (χ4n) is 1.35. The van der Waals surface area contributed by atoms with Gasteiger partial charge in [-0.25, -0.2) is 4.79 Å². The normalized spacial score (nSPS) is 14.2. The van der Waals surface area contributed by atoms with Crippen LogP contribution in [-0.4, -0.2) is 28.3 Å². The molecule has 1 rings (SSSR count). The van der Waals surface area contributed by atoms with Gasteiger partial charge in [0.25, 0.3) is 0 Å². The Balaban J connectivity index is 3.10. The van der Waals surface area contributed by atoms with Gasteiger partial charge in [0.15, 0.2) is 5.60 Å². The van der Waals surface area contributed by atoms with Crippen LogP contribution in [0.2, 0.25) is 0 Å². The van der Waals surface area contributed by atoms with Crippen molar-refractivity contribution in [1.29, 1.82) is 5.26 Å². The van der Waals surface area contributed by atoms with Gasteiger partial charge in [0.2, 0.25) is 0 Å². The summed E-state index contributed by atoms with van der Waals surface area (Å²) in [6.45, 7) is 0.310. The summed E-state index contributed by atoms with van der Waals surface area (Å²) in [5.41, 5.74) is -3.75. The van der Waals surface area contributed by atoms with E-state index in [-0.39, 0.29) is 5.56 Å². The maximum absolute atomic E-state index is 12.8. The van der Waals surface area contributed by atoms with Crippen molar-refractivity contribution >= 4 is 11.7 Å². The first-order valence-corrected chi connectivity index (χ1v) is 5.39. The molecule has 1 aromatic carbocycles. The lowest BCUT2D eigenvalue weighted by Crippen LogP contribution is -2.42. The van der Waals surface area contributed by atoms with Gasteiger partial charge >= 0.3 is 12.1 Å². The molecule has 0 amide bonds. The van der Waals surface area contributed by atoms with Gasteiger partial charge in [0.05, 0.1) is 23.7 Å². The van der Waals surface area contributed by atoms with Crippen LogP contribution in [0.15, 0.2) is 18.2 Å². The number of nitrogens with one attached hydrogen (secondary N) is 1. The lowest BCUT2D eigenvalue weighted by atomic mass is 10.1. The molecule has 5 nitrogen and oxygen atoms in total. The van der Waals surface area contributed by atoms with E-state index in [0.717, 1.165) is 25.1 Å². The van der Waals surface area contributed by atoms with Crippen LogP contribution in [0.4, 0.5) is 18.9 Å². The summed E-state index contributed by atoms with van der Waals surface area (Å²) in [6.07, 6.45) is -4.66. The van der Waals surface area contributed by atoms with Crippen LogP contribution in [0.1, 0.15) is 18.1 Å². The van der Waals surface area contributed by atoms with Crippen molar-refractivity contribution in [2.45, 2.75) is 18.7 Å².